The molecule has 0 aliphatic heterocycles. The van der Waals surface area contributed by atoms with Crippen molar-refractivity contribution >= 4 is 0 Å². The maximum absolute atomic E-state index is 12.2. The second kappa shape index (κ2) is 7.48. The second-order valence-electron chi connectivity index (χ2n) is 5.41. The monoisotopic (exact) mass is 281 g/mol. The molecule has 114 valence electrons. The summed E-state index contributed by atoms with van der Waals surface area (Å²) in [6, 6.07) is 0.0232. The largest absolute Gasteiger partial charge is 0.389 e. The summed E-state index contributed by atoms with van der Waals surface area (Å²) in [5.41, 5.74) is -0.257. The molecule has 0 spiro atoms. The number of nitrogens with one attached hydrogen (secondary N) is 1. The van der Waals surface area contributed by atoms with Crippen molar-refractivity contribution in [3.05, 3.63) is 0 Å². The van der Waals surface area contributed by atoms with Crippen LogP contribution < -0.4 is 5.32 Å². The molecular formula is C14H26F3NO. The van der Waals surface area contributed by atoms with E-state index >= 15 is 0 Å². The first-order valence-corrected chi connectivity index (χ1v) is 7.31. The van der Waals surface area contributed by atoms with Crippen LogP contribution in [0.4, 0.5) is 13.2 Å². The third-order valence-electron chi connectivity index (χ3n) is 4.07. The molecule has 1 aliphatic carbocycles. The quantitative estimate of drug-likeness (QED) is 0.760. The van der Waals surface area contributed by atoms with E-state index in [4.69, 9.17) is 4.74 Å². The number of alkyl halides is 3. The molecule has 2 nitrogen and oxygen atoms in total. The highest BCUT2D eigenvalue weighted by Crippen LogP contribution is 2.36. The first-order chi connectivity index (χ1) is 8.93. The molecule has 0 amide bonds. The molecule has 19 heavy (non-hydrogen) atoms. The van der Waals surface area contributed by atoms with Crippen molar-refractivity contribution in [1.82, 2.24) is 5.32 Å². The number of halogens is 3. The Labute approximate surface area is 114 Å². The summed E-state index contributed by atoms with van der Waals surface area (Å²) in [5.74, 6) is 0. The second-order valence-corrected chi connectivity index (χ2v) is 5.41. The Hall–Kier alpha value is -0.290. The molecule has 0 bridgehead atoms. The van der Waals surface area contributed by atoms with Gasteiger partial charge in [-0.1, -0.05) is 19.3 Å². The minimum Gasteiger partial charge on any atom is -0.374 e. The standard InChI is InChI=1S/C14H26F3NO/c1-3-19-13(9-5-4-6-10-13)12(18-2)8-7-11-14(15,16)17/h12,18H,3-11H2,1-2H3. The van der Waals surface area contributed by atoms with Gasteiger partial charge in [0, 0.05) is 19.1 Å². The van der Waals surface area contributed by atoms with E-state index < -0.39 is 12.6 Å². The Morgan fingerprint density at radius 3 is 2.32 bits per heavy atom. The van der Waals surface area contributed by atoms with Crippen LogP contribution in [0.5, 0.6) is 0 Å². The van der Waals surface area contributed by atoms with Crippen molar-refractivity contribution < 1.29 is 17.9 Å². The zero-order valence-corrected chi connectivity index (χ0v) is 12.0. The Bertz CT molecular complexity index is 244. The average Bonchev–Trinajstić information content (AvgIpc) is 2.35. The zero-order chi connectivity index (χ0) is 14.4. The van der Waals surface area contributed by atoms with Gasteiger partial charge < -0.3 is 10.1 Å². The molecule has 1 aliphatic rings. The van der Waals surface area contributed by atoms with Gasteiger partial charge in [0.1, 0.15) is 0 Å². The molecule has 1 fully saturated rings. The smallest absolute Gasteiger partial charge is 0.374 e. The van der Waals surface area contributed by atoms with E-state index in [0.717, 1.165) is 25.7 Å². The van der Waals surface area contributed by atoms with Crippen LogP contribution in [-0.4, -0.2) is 31.5 Å². The van der Waals surface area contributed by atoms with Gasteiger partial charge in [0.05, 0.1) is 5.60 Å². The van der Waals surface area contributed by atoms with E-state index in [9.17, 15) is 13.2 Å². The number of hydrogen-bond donors (Lipinski definition) is 1. The van der Waals surface area contributed by atoms with E-state index in [1.54, 1.807) is 0 Å². The van der Waals surface area contributed by atoms with E-state index in [1.807, 2.05) is 14.0 Å². The molecule has 0 aromatic heterocycles. The lowest BCUT2D eigenvalue weighted by Crippen LogP contribution is -2.52. The number of hydrogen-bond acceptors (Lipinski definition) is 2. The van der Waals surface area contributed by atoms with Gasteiger partial charge in [-0.15, -0.1) is 0 Å². The molecule has 5 heteroatoms. The molecule has 1 atom stereocenters. The number of rotatable bonds is 7. The minimum absolute atomic E-state index is 0.0232. The number of likely N-dealkylation sites (N-methyl/N-ethyl adjacent to an activating group) is 1. The van der Waals surface area contributed by atoms with Gasteiger partial charge in [0.15, 0.2) is 0 Å². The Morgan fingerprint density at radius 1 is 1.21 bits per heavy atom. The average molecular weight is 281 g/mol. The first-order valence-electron chi connectivity index (χ1n) is 7.31. The van der Waals surface area contributed by atoms with Crippen LogP contribution in [0.25, 0.3) is 0 Å². The molecular weight excluding hydrogens is 255 g/mol. The van der Waals surface area contributed by atoms with Gasteiger partial charge in [0.2, 0.25) is 0 Å². The molecule has 1 rings (SSSR count). The van der Waals surface area contributed by atoms with Gasteiger partial charge in [-0.05, 0) is 39.7 Å². The van der Waals surface area contributed by atoms with Crippen molar-refractivity contribution in [3.63, 3.8) is 0 Å². The molecule has 0 heterocycles. The maximum atomic E-state index is 12.2. The topological polar surface area (TPSA) is 21.3 Å². The molecule has 0 aromatic carbocycles. The van der Waals surface area contributed by atoms with Crippen LogP contribution in [-0.2, 0) is 4.74 Å². The lowest BCUT2D eigenvalue weighted by molar-refractivity contribution is -0.138. The summed E-state index contributed by atoms with van der Waals surface area (Å²) in [4.78, 5) is 0. The fourth-order valence-electron chi connectivity index (χ4n) is 3.21. The van der Waals surface area contributed by atoms with Crippen LogP contribution in [0.2, 0.25) is 0 Å². The fraction of sp³-hybridized carbons (Fsp3) is 1.00. The summed E-state index contributed by atoms with van der Waals surface area (Å²) in [6.45, 7) is 2.58. The van der Waals surface area contributed by atoms with Crippen molar-refractivity contribution in [2.24, 2.45) is 0 Å². The molecule has 0 radical (unpaired) electrons. The highest BCUT2D eigenvalue weighted by Gasteiger charge is 2.40. The van der Waals surface area contributed by atoms with Gasteiger partial charge in [-0.3, -0.25) is 0 Å². The van der Waals surface area contributed by atoms with Gasteiger partial charge >= 0.3 is 6.18 Å². The highest BCUT2D eigenvalue weighted by molar-refractivity contribution is 4.95. The molecule has 0 saturated heterocycles. The summed E-state index contributed by atoms with van der Waals surface area (Å²) in [7, 11) is 1.83. The predicted octanol–water partition coefficient (Wildman–Crippen LogP) is 4.05. The third-order valence-corrected chi connectivity index (χ3v) is 4.07. The minimum atomic E-state index is -4.05. The predicted molar refractivity (Wildman–Crippen MR) is 70.2 cm³/mol. The van der Waals surface area contributed by atoms with Gasteiger partial charge in [0.25, 0.3) is 0 Å². The van der Waals surface area contributed by atoms with Crippen molar-refractivity contribution in [2.45, 2.75) is 76.1 Å². The lowest BCUT2D eigenvalue weighted by Gasteiger charge is -2.43. The van der Waals surface area contributed by atoms with Crippen LogP contribution in [0.3, 0.4) is 0 Å². The normalized spacial score (nSPS) is 21.3. The molecule has 1 unspecified atom stereocenters. The first kappa shape index (κ1) is 16.8. The van der Waals surface area contributed by atoms with Crippen LogP contribution >= 0.6 is 0 Å². The summed E-state index contributed by atoms with van der Waals surface area (Å²) < 4.78 is 42.7. The van der Waals surface area contributed by atoms with Crippen molar-refractivity contribution in [1.29, 1.82) is 0 Å². The van der Waals surface area contributed by atoms with E-state index in [0.29, 0.717) is 13.0 Å². The van der Waals surface area contributed by atoms with Crippen molar-refractivity contribution in [2.75, 3.05) is 13.7 Å². The zero-order valence-electron chi connectivity index (χ0n) is 12.0. The highest BCUT2D eigenvalue weighted by atomic mass is 19.4. The Morgan fingerprint density at radius 2 is 1.84 bits per heavy atom. The molecule has 1 N–H and O–H groups in total. The van der Waals surface area contributed by atoms with Crippen molar-refractivity contribution in [3.8, 4) is 0 Å². The summed E-state index contributed by atoms with van der Waals surface area (Å²) in [6.07, 6.45) is 1.27. The summed E-state index contributed by atoms with van der Waals surface area (Å²) >= 11 is 0. The van der Waals surface area contributed by atoms with Crippen LogP contribution in [0.1, 0.15) is 58.3 Å². The Balaban J connectivity index is 2.57. The summed E-state index contributed by atoms with van der Waals surface area (Å²) in [5, 5.41) is 3.19. The Kier molecular flexibility index (Phi) is 6.60. The van der Waals surface area contributed by atoms with Gasteiger partial charge in [-0.2, -0.15) is 13.2 Å². The molecule has 0 aromatic rings. The number of ether oxygens (including phenoxy) is 1. The molecule has 1 saturated carbocycles. The van der Waals surface area contributed by atoms with E-state index in [1.165, 1.54) is 6.42 Å². The van der Waals surface area contributed by atoms with E-state index in [-0.39, 0.29) is 18.1 Å². The third kappa shape index (κ3) is 5.30. The van der Waals surface area contributed by atoms with Crippen LogP contribution in [0.15, 0.2) is 0 Å². The van der Waals surface area contributed by atoms with Gasteiger partial charge in [-0.25, -0.2) is 0 Å². The van der Waals surface area contributed by atoms with Crippen LogP contribution in [0, 0.1) is 0 Å². The SMILES string of the molecule is CCOC1(C(CCCC(F)(F)F)NC)CCCCC1. The van der Waals surface area contributed by atoms with E-state index in [2.05, 4.69) is 5.32 Å². The lowest BCUT2D eigenvalue weighted by atomic mass is 9.77. The maximum Gasteiger partial charge on any atom is 0.389 e. The fourth-order valence-corrected chi connectivity index (χ4v) is 3.21.